The van der Waals surface area contributed by atoms with Crippen LogP contribution >= 0.6 is 11.8 Å². The van der Waals surface area contributed by atoms with Gasteiger partial charge in [0.05, 0.1) is 11.1 Å². The Kier molecular flexibility index (Phi) is 10.6. The van der Waals surface area contributed by atoms with E-state index in [1.807, 2.05) is 72.8 Å². The second-order valence-corrected chi connectivity index (χ2v) is 12.4. The number of imide groups is 1. The Bertz CT molecular complexity index is 1940. The standard InChI is InChI=1S/C40H33N3O5S/c44-37(30-12-5-2-6-13-30)42-36(26-28-16-20-32(21-17-28)48-27-29-10-3-1-4-11-29)38(45)41-31-18-22-33(23-19-31)49-25-9-24-43-39(46)34-14-7-8-15-35(34)40(43)47/h1-8,10-23,26H,9,24-25,27H2,(H,41,45)(H,42,44)/b36-26-. The first-order chi connectivity index (χ1) is 23.9. The first-order valence-electron chi connectivity index (χ1n) is 15.8. The molecule has 0 atom stereocenters. The predicted molar refractivity (Wildman–Crippen MR) is 191 cm³/mol. The lowest BCUT2D eigenvalue weighted by Gasteiger charge is -2.13. The third-order valence-electron chi connectivity index (χ3n) is 7.75. The Hall–Kier alpha value is -5.93. The van der Waals surface area contributed by atoms with E-state index in [1.54, 1.807) is 78.5 Å². The van der Waals surface area contributed by atoms with Gasteiger partial charge in [-0.15, -0.1) is 11.8 Å². The van der Waals surface area contributed by atoms with Crippen molar-refractivity contribution in [2.75, 3.05) is 17.6 Å². The van der Waals surface area contributed by atoms with E-state index in [2.05, 4.69) is 10.6 Å². The van der Waals surface area contributed by atoms with Gasteiger partial charge in [-0.2, -0.15) is 0 Å². The molecule has 8 nitrogen and oxygen atoms in total. The number of ether oxygens (including phenoxy) is 1. The van der Waals surface area contributed by atoms with Gasteiger partial charge in [-0.1, -0.05) is 72.8 Å². The van der Waals surface area contributed by atoms with E-state index in [4.69, 9.17) is 4.74 Å². The van der Waals surface area contributed by atoms with Crippen LogP contribution in [0.1, 0.15) is 48.6 Å². The number of nitrogens with zero attached hydrogens (tertiary/aromatic N) is 1. The Labute approximate surface area is 288 Å². The topological polar surface area (TPSA) is 105 Å². The van der Waals surface area contributed by atoms with Crippen LogP contribution in [0.5, 0.6) is 5.75 Å². The van der Waals surface area contributed by atoms with Crippen molar-refractivity contribution in [1.82, 2.24) is 10.2 Å². The van der Waals surface area contributed by atoms with E-state index in [0.29, 0.717) is 59.0 Å². The van der Waals surface area contributed by atoms with Crippen molar-refractivity contribution in [3.63, 3.8) is 0 Å². The molecule has 0 saturated carbocycles. The Morgan fingerprint density at radius 3 is 1.98 bits per heavy atom. The molecule has 1 heterocycles. The second-order valence-electron chi connectivity index (χ2n) is 11.2. The largest absolute Gasteiger partial charge is 0.489 e. The van der Waals surface area contributed by atoms with Crippen LogP contribution in [0.25, 0.3) is 6.08 Å². The molecule has 0 radical (unpaired) electrons. The summed E-state index contributed by atoms with van der Waals surface area (Å²) in [4.78, 5) is 54.0. The number of amides is 4. The molecule has 1 aliphatic rings. The van der Waals surface area contributed by atoms with Crippen molar-refractivity contribution in [2.45, 2.75) is 17.9 Å². The summed E-state index contributed by atoms with van der Waals surface area (Å²) in [5, 5.41) is 5.65. The highest BCUT2D eigenvalue weighted by Crippen LogP contribution is 2.25. The fraction of sp³-hybridized carbons (Fsp3) is 0.100. The van der Waals surface area contributed by atoms with Crippen molar-refractivity contribution in [1.29, 1.82) is 0 Å². The number of hydrogen-bond donors (Lipinski definition) is 2. The SMILES string of the molecule is O=C(Nc1ccc(SCCCN2C(=O)c3ccccc3C2=O)cc1)/C(=C/c1ccc(OCc2ccccc2)cc1)NC(=O)c1ccccc1. The average Bonchev–Trinajstić information content (AvgIpc) is 3.39. The van der Waals surface area contributed by atoms with Gasteiger partial charge in [0.15, 0.2) is 0 Å². The van der Waals surface area contributed by atoms with Crippen LogP contribution < -0.4 is 15.4 Å². The van der Waals surface area contributed by atoms with E-state index < -0.39 is 11.8 Å². The summed E-state index contributed by atoms with van der Waals surface area (Å²) in [5.41, 5.74) is 3.74. The summed E-state index contributed by atoms with van der Waals surface area (Å²) in [7, 11) is 0. The van der Waals surface area contributed by atoms with E-state index in [9.17, 15) is 19.2 Å². The maximum atomic E-state index is 13.5. The van der Waals surface area contributed by atoms with Crippen LogP contribution in [0, 0.1) is 0 Å². The second kappa shape index (κ2) is 15.8. The van der Waals surface area contributed by atoms with Crippen molar-refractivity contribution >= 4 is 47.2 Å². The first kappa shape index (κ1) is 33.0. The number of carbonyl (C=O) groups excluding carboxylic acids is 4. The smallest absolute Gasteiger partial charge is 0.272 e. The lowest BCUT2D eigenvalue weighted by Crippen LogP contribution is -2.31. The number of nitrogens with one attached hydrogen (secondary N) is 2. The molecule has 0 saturated heterocycles. The average molecular weight is 668 g/mol. The summed E-state index contributed by atoms with van der Waals surface area (Å²) in [6.45, 7) is 0.782. The Morgan fingerprint density at radius 2 is 1.33 bits per heavy atom. The molecule has 49 heavy (non-hydrogen) atoms. The lowest BCUT2D eigenvalue weighted by molar-refractivity contribution is -0.113. The maximum Gasteiger partial charge on any atom is 0.272 e. The Balaban J connectivity index is 1.06. The molecular weight excluding hydrogens is 635 g/mol. The van der Waals surface area contributed by atoms with Crippen LogP contribution in [0.2, 0.25) is 0 Å². The highest BCUT2D eigenvalue weighted by molar-refractivity contribution is 7.99. The molecule has 244 valence electrons. The van der Waals surface area contributed by atoms with Crippen LogP contribution in [-0.4, -0.2) is 40.8 Å². The van der Waals surface area contributed by atoms with Gasteiger partial charge in [0.25, 0.3) is 23.6 Å². The third-order valence-corrected chi connectivity index (χ3v) is 8.85. The summed E-state index contributed by atoms with van der Waals surface area (Å²) in [6.07, 6.45) is 2.26. The van der Waals surface area contributed by atoms with Gasteiger partial charge in [0.2, 0.25) is 0 Å². The number of fused-ring (bicyclic) bond motifs is 1. The molecule has 4 amide bonds. The molecule has 0 bridgehead atoms. The molecule has 5 aromatic rings. The molecule has 0 aliphatic carbocycles. The first-order valence-corrected chi connectivity index (χ1v) is 16.8. The zero-order valence-electron chi connectivity index (χ0n) is 26.5. The number of thioether (sulfide) groups is 1. The molecule has 2 N–H and O–H groups in total. The van der Waals surface area contributed by atoms with Crippen molar-refractivity contribution in [3.8, 4) is 5.75 Å². The van der Waals surface area contributed by atoms with Crippen LogP contribution in [0.4, 0.5) is 5.69 Å². The van der Waals surface area contributed by atoms with Gasteiger partial charge in [0.1, 0.15) is 18.1 Å². The molecule has 0 aromatic heterocycles. The van der Waals surface area contributed by atoms with Crippen LogP contribution in [0.3, 0.4) is 0 Å². The van der Waals surface area contributed by atoms with Gasteiger partial charge >= 0.3 is 0 Å². The Morgan fingerprint density at radius 1 is 0.714 bits per heavy atom. The molecule has 0 spiro atoms. The highest BCUT2D eigenvalue weighted by atomic mass is 32.2. The monoisotopic (exact) mass is 667 g/mol. The number of carbonyl (C=O) groups is 4. The van der Waals surface area contributed by atoms with Gasteiger partial charge in [-0.3, -0.25) is 24.1 Å². The van der Waals surface area contributed by atoms with E-state index >= 15 is 0 Å². The minimum atomic E-state index is -0.477. The normalized spacial score (nSPS) is 12.4. The quantitative estimate of drug-likeness (QED) is 0.0585. The van der Waals surface area contributed by atoms with E-state index in [1.165, 1.54) is 4.90 Å². The van der Waals surface area contributed by atoms with Gasteiger partial charge in [-0.05, 0) is 90.0 Å². The summed E-state index contributed by atoms with van der Waals surface area (Å²) < 4.78 is 5.88. The molecule has 9 heteroatoms. The van der Waals surface area contributed by atoms with Crippen LogP contribution in [-0.2, 0) is 11.4 Å². The zero-order chi connectivity index (χ0) is 34.0. The summed E-state index contributed by atoms with van der Waals surface area (Å²) in [5.74, 6) is 0.00991. The van der Waals surface area contributed by atoms with Crippen molar-refractivity contribution in [3.05, 3.63) is 167 Å². The molecule has 1 aliphatic heterocycles. The molecule has 0 unspecified atom stereocenters. The molecule has 6 rings (SSSR count). The van der Waals surface area contributed by atoms with Gasteiger partial charge in [0, 0.05) is 22.7 Å². The highest BCUT2D eigenvalue weighted by Gasteiger charge is 2.34. The fourth-order valence-electron chi connectivity index (χ4n) is 5.20. The number of rotatable bonds is 13. The lowest BCUT2D eigenvalue weighted by atomic mass is 10.1. The fourth-order valence-corrected chi connectivity index (χ4v) is 6.04. The number of anilines is 1. The summed E-state index contributed by atoms with van der Waals surface area (Å²) in [6, 6.07) is 40.1. The van der Waals surface area contributed by atoms with Crippen molar-refractivity contribution < 1.29 is 23.9 Å². The summed E-state index contributed by atoms with van der Waals surface area (Å²) >= 11 is 1.59. The maximum absolute atomic E-state index is 13.5. The third kappa shape index (κ3) is 8.51. The van der Waals surface area contributed by atoms with Crippen LogP contribution in [0.15, 0.2) is 144 Å². The minimum Gasteiger partial charge on any atom is -0.489 e. The molecular formula is C40H33N3O5S. The zero-order valence-corrected chi connectivity index (χ0v) is 27.3. The van der Waals surface area contributed by atoms with E-state index in [0.717, 1.165) is 10.5 Å². The molecule has 5 aromatic carbocycles. The minimum absolute atomic E-state index is 0.0819. The predicted octanol–water partition coefficient (Wildman–Crippen LogP) is 7.45. The van der Waals surface area contributed by atoms with Gasteiger partial charge in [-0.25, -0.2) is 0 Å². The van der Waals surface area contributed by atoms with E-state index in [-0.39, 0.29) is 17.5 Å². The number of hydrogen-bond acceptors (Lipinski definition) is 6. The van der Waals surface area contributed by atoms with Gasteiger partial charge < -0.3 is 15.4 Å². The number of benzene rings is 5. The molecule has 0 fully saturated rings. The van der Waals surface area contributed by atoms with Crippen molar-refractivity contribution in [2.24, 2.45) is 0 Å².